The van der Waals surface area contributed by atoms with Gasteiger partial charge in [-0.1, -0.05) is 33.2 Å². The summed E-state index contributed by atoms with van der Waals surface area (Å²) in [6.45, 7) is 0. The molecule has 0 spiro atoms. The first-order valence-corrected chi connectivity index (χ1v) is 4.30. The summed E-state index contributed by atoms with van der Waals surface area (Å²) in [6.07, 6.45) is 3.72. The van der Waals surface area contributed by atoms with E-state index in [2.05, 4.69) is 21.1 Å². The maximum Gasteiger partial charge on any atom is 0.110 e. The maximum atomic E-state index is 8.63. The van der Waals surface area contributed by atoms with Crippen molar-refractivity contribution in [1.82, 2.24) is 0 Å². The number of oxime groups is 1. The van der Waals surface area contributed by atoms with Crippen molar-refractivity contribution in [2.75, 3.05) is 0 Å². The summed E-state index contributed by atoms with van der Waals surface area (Å²) >= 11 is 3.36. The molecule has 0 saturated heterocycles. The lowest BCUT2D eigenvalue weighted by atomic mass is 10.1. The van der Waals surface area contributed by atoms with E-state index in [9.17, 15) is 0 Å². The maximum absolute atomic E-state index is 8.63. The van der Waals surface area contributed by atoms with Crippen LogP contribution >= 0.6 is 15.9 Å². The van der Waals surface area contributed by atoms with Crippen LogP contribution in [-0.4, -0.2) is 10.9 Å². The van der Waals surface area contributed by atoms with Crippen molar-refractivity contribution < 1.29 is 5.21 Å². The van der Waals surface area contributed by atoms with Crippen molar-refractivity contribution in [3.8, 4) is 0 Å². The van der Waals surface area contributed by atoms with Gasteiger partial charge in [-0.05, 0) is 23.8 Å². The molecule has 60 valence electrons. The van der Waals surface area contributed by atoms with Crippen molar-refractivity contribution >= 4 is 27.7 Å². The highest BCUT2D eigenvalue weighted by atomic mass is 79.9. The van der Waals surface area contributed by atoms with Crippen molar-refractivity contribution in [1.29, 1.82) is 0 Å². The molecule has 0 fully saturated rings. The summed E-state index contributed by atoms with van der Waals surface area (Å²) in [5, 5.41) is 11.8. The summed E-state index contributed by atoms with van der Waals surface area (Å²) in [6, 6.07) is 5.88. The summed E-state index contributed by atoms with van der Waals surface area (Å²) in [4.78, 5) is 0. The lowest BCUT2D eigenvalue weighted by Gasteiger charge is -1.98. The predicted molar refractivity (Wildman–Crippen MR) is 51.5 cm³/mol. The number of fused-ring (bicyclic) bond motifs is 1. The van der Waals surface area contributed by atoms with E-state index in [4.69, 9.17) is 5.21 Å². The minimum absolute atomic E-state index is 0.617. The minimum atomic E-state index is 0.617. The molecule has 0 heterocycles. The second kappa shape index (κ2) is 2.75. The monoisotopic (exact) mass is 223 g/mol. The summed E-state index contributed by atoms with van der Waals surface area (Å²) in [7, 11) is 0. The Morgan fingerprint density at radius 3 is 2.83 bits per heavy atom. The van der Waals surface area contributed by atoms with Gasteiger partial charge in [-0.3, -0.25) is 0 Å². The average Bonchev–Trinajstić information content (AvgIpc) is 2.46. The van der Waals surface area contributed by atoms with Gasteiger partial charge in [0.2, 0.25) is 0 Å². The average molecular weight is 224 g/mol. The first-order chi connectivity index (χ1) is 5.81. The molecule has 0 saturated carbocycles. The molecule has 0 atom stereocenters. The molecular formula is C9H6BrNO. The molecule has 12 heavy (non-hydrogen) atoms. The second-order valence-electron chi connectivity index (χ2n) is 2.55. The molecule has 1 aromatic rings. The first-order valence-electron chi connectivity index (χ1n) is 3.51. The summed E-state index contributed by atoms with van der Waals surface area (Å²) in [5.74, 6) is 0. The highest BCUT2D eigenvalue weighted by Crippen LogP contribution is 2.23. The van der Waals surface area contributed by atoms with Gasteiger partial charge >= 0.3 is 0 Å². The molecule has 0 aliphatic heterocycles. The van der Waals surface area contributed by atoms with E-state index in [-0.39, 0.29) is 0 Å². The quantitative estimate of drug-likeness (QED) is 0.533. The Bertz CT molecular complexity index is 382. The number of rotatable bonds is 0. The van der Waals surface area contributed by atoms with Crippen LogP contribution in [0.2, 0.25) is 0 Å². The largest absolute Gasteiger partial charge is 0.410 e. The number of hydrogen-bond donors (Lipinski definition) is 1. The van der Waals surface area contributed by atoms with Crippen LogP contribution in [0, 0.1) is 0 Å². The number of allylic oxidation sites excluding steroid dienone is 1. The van der Waals surface area contributed by atoms with Crippen molar-refractivity contribution in [3.63, 3.8) is 0 Å². The molecule has 0 amide bonds. The molecule has 0 unspecified atom stereocenters. The van der Waals surface area contributed by atoms with Crippen LogP contribution < -0.4 is 0 Å². The van der Waals surface area contributed by atoms with Crippen molar-refractivity contribution in [2.45, 2.75) is 0 Å². The molecular weight excluding hydrogens is 218 g/mol. The summed E-state index contributed by atoms with van der Waals surface area (Å²) in [5.41, 5.74) is 2.67. The van der Waals surface area contributed by atoms with Crippen LogP contribution in [-0.2, 0) is 0 Å². The van der Waals surface area contributed by atoms with Crippen LogP contribution in [0.5, 0.6) is 0 Å². The first kappa shape index (κ1) is 7.55. The zero-order valence-electron chi connectivity index (χ0n) is 6.16. The molecule has 1 aliphatic rings. The van der Waals surface area contributed by atoms with Crippen LogP contribution in [0.25, 0.3) is 6.08 Å². The van der Waals surface area contributed by atoms with Crippen molar-refractivity contribution in [2.24, 2.45) is 5.16 Å². The Morgan fingerprint density at radius 2 is 2.08 bits per heavy atom. The number of halogens is 1. The van der Waals surface area contributed by atoms with E-state index in [1.54, 1.807) is 6.08 Å². The van der Waals surface area contributed by atoms with Gasteiger partial charge in [0.1, 0.15) is 5.71 Å². The molecule has 0 aromatic heterocycles. The normalized spacial score (nSPS) is 16.9. The van der Waals surface area contributed by atoms with Gasteiger partial charge in [0.15, 0.2) is 0 Å². The smallest absolute Gasteiger partial charge is 0.110 e. The molecule has 0 bridgehead atoms. The van der Waals surface area contributed by atoms with Crippen LogP contribution in [0.1, 0.15) is 11.1 Å². The van der Waals surface area contributed by atoms with Gasteiger partial charge in [-0.25, -0.2) is 0 Å². The summed E-state index contributed by atoms with van der Waals surface area (Å²) < 4.78 is 0.992. The van der Waals surface area contributed by atoms with Gasteiger partial charge in [-0.2, -0.15) is 0 Å². The molecule has 1 aliphatic carbocycles. The van der Waals surface area contributed by atoms with Gasteiger partial charge in [0.05, 0.1) is 0 Å². The molecule has 1 aromatic carbocycles. The van der Waals surface area contributed by atoms with Crippen molar-refractivity contribution in [3.05, 3.63) is 39.9 Å². The fraction of sp³-hybridized carbons (Fsp3) is 0. The van der Waals surface area contributed by atoms with Gasteiger partial charge in [-0.15, -0.1) is 0 Å². The van der Waals surface area contributed by atoms with E-state index in [0.717, 1.165) is 15.6 Å². The number of benzene rings is 1. The third-order valence-electron chi connectivity index (χ3n) is 1.82. The zero-order chi connectivity index (χ0) is 8.55. The predicted octanol–water partition coefficient (Wildman–Crippen LogP) is 2.65. The second-order valence-corrected chi connectivity index (χ2v) is 3.47. The third kappa shape index (κ3) is 1.06. The van der Waals surface area contributed by atoms with Gasteiger partial charge in [0.25, 0.3) is 0 Å². The Labute approximate surface area is 78.3 Å². The molecule has 2 nitrogen and oxygen atoms in total. The zero-order valence-corrected chi connectivity index (χ0v) is 7.75. The number of nitrogens with zero attached hydrogens (tertiary/aromatic N) is 1. The Kier molecular flexibility index (Phi) is 1.73. The van der Waals surface area contributed by atoms with Gasteiger partial charge < -0.3 is 5.21 Å². The Morgan fingerprint density at radius 1 is 1.25 bits per heavy atom. The lowest BCUT2D eigenvalue weighted by Crippen LogP contribution is -1.93. The van der Waals surface area contributed by atoms with Crippen LogP contribution in [0.15, 0.2) is 33.9 Å². The SMILES string of the molecule is ON=C1C=Cc2ccc(Br)cc21. The van der Waals surface area contributed by atoms with E-state index in [1.165, 1.54) is 0 Å². The molecule has 0 radical (unpaired) electrons. The Hall–Kier alpha value is -1.09. The lowest BCUT2D eigenvalue weighted by molar-refractivity contribution is 0.320. The molecule has 1 N–H and O–H groups in total. The van der Waals surface area contributed by atoms with E-state index < -0.39 is 0 Å². The van der Waals surface area contributed by atoms with Crippen LogP contribution in [0.4, 0.5) is 0 Å². The van der Waals surface area contributed by atoms with E-state index in [0.29, 0.717) is 5.71 Å². The molecule has 2 rings (SSSR count). The van der Waals surface area contributed by atoms with E-state index >= 15 is 0 Å². The third-order valence-corrected chi connectivity index (χ3v) is 2.31. The fourth-order valence-corrected chi connectivity index (χ4v) is 1.60. The standard InChI is InChI=1S/C9H6BrNO/c10-7-3-1-6-2-4-9(11-12)8(6)5-7/h1-5,12H. The fourth-order valence-electron chi connectivity index (χ4n) is 1.24. The highest BCUT2D eigenvalue weighted by Gasteiger charge is 2.11. The topological polar surface area (TPSA) is 32.6 Å². The van der Waals surface area contributed by atoms with Gasteiger partial charge in [0, 0.05) is 10.0 Å². The number of hydrogen-bond acceptors (Lipinski definition) is 2. The minimum Gasteiger partial charge on any atom is -0.410 e. The Balaban J connectivity index is 2.63. The highest BCUT2D eigenvalue weighted by molar-refractivity contribution is 9.10. The van der Waals surface area contributed by atoms with Crippen LogP contribution in [0.3, 0.4) is 0 Å². The van der Waals surface area contributed by atoms with E-state index in [1.807, 2.05) is 24.3 Å². The molecule has 3 heteroatoms.